The minimum atomic E-state index is -3.96. The number of halogens is 1. The maximum Gasteiger partial charge on any atom is 0.263 e. The molecule has 1 aliphatic rings. The fourth-order valence-electron chi connectivity index (χ4n) is 2.70. The maximum absolute atomic E-state index is 12.8. The van der Waals surface area contributed by atoms with E-state index in [4.69, 9.17) is 16.3 Å². The SMILES string of the molecule is O=C(c1ccccc1)c1cc(Cl)cnc1NS(=O)(=O)c1ccc(OC2CC2)cc1. The number of sulfonamides is 1. The summed E-state index contributed by atoms with van der Waals surface area (Å²) >= 11 is 5.99. The average molecular weight is 429 g/mol. The third kappa shape index (κ3) is 4.58. The van der Waals surface area contributed by atoms with E-state index in [-0.39, 0.29) is 33.2 Å². The molecule has 1 heterocycles. The topological polar surface area (TPSA) is 85.4 Å². The van der Waals surface area contributed by atoms with Gasteiger partial charge in [0.25, 0.3) is 10.0 Å². The van der Waals surface area contributed by atoms with Crippen LogP contribution in [0.15, 0.2) is 71.8 Å². The number of pyridine rings is 1. The van der Waals surface area contributed by atoms with Crippen molar-refractivity contribution in [3.63, 3.8) is 0 Å². The molecule has 4 rings (SSSR count). The van der Waals surface area contributed by atoms with Gasteiger partial charge in [-0.1, -0.05) is 41.9 Å². The van der Waals surface area contributed by atoms with E-state index < -0.39 is 10.0 Å². The Kier molecular flexibility index (Phi) is 5.25. The van der Waals surface area contributed by atoms with Gasteiger partial charge in [-0.2, -0.15) is 0 Å². The van der Waals surface area contributed by atoms with Gasteiger partial charge in [0.15, 0.2) is 11.6 Å². The van der Waals surface area contributed by atoms with Crippen molar-refractivity contribution in [3.8, 4) is 5.75 Å². The molecule has 0 unspecified atom stereocenters. The summed E-state index contributed by atoms with van der Waals surface area (Å²) in [7, 11) is -3.96. The summed E-state index contributed by atoms with van der Waals surface area (Å²) in [5.74, 6) is 0.157. The number of nitrogens with one attached hydrogen (secondary N) is 1. The summed E-state index contributed by atoms with van der Waals surface area (Å²) in [5, 5.41) is 0.230. The van der Waals surface area contributed by atoms with Crippen LogP contribution in [0.3, 0.4) is 0 Å². The summed E-state index contributed by atoms with van der Waals surface area (Å²) in [6.45, 7) is 0. The number of hydrogen-bond acceptors (Lipinski definition) is 5. The number of carbonyl (C=O) groups is 1. The lowest BCUT2D eigenvalue weighted by atomic mass is 10.0. The van der Waals surface area contributed by atoms with Crippen LogP contribution in [0.4, 0.5) is 5.82 Å². The van der Waals surface area contributed by atoms with Crippen LogP contribution in [0.25, 0.3) is 0 Å². The number of ketones is 1. The van der Waals surface area contributed by atoms with Gasteiger partial charge in [-0.15, -0.1) is 0 Å². The molecule has 3 aromatic rings. The van der Waals surface area contributed by atoms with E-state index in [0.29, 0.717) is 11.3 Å². The molecule has 0 atom stereocenters. The molecule has 0 spiro atoms. The Labute approximate surface area is 173 Å². The van der Waals surface area contributed by atoms with Crippen LogP contribution in [-0.2, 0) is 10.0 Å². The molecule has 1 N–H and O–H groups in total. The summed E-state index contributed by atoms with van der Waals surface area (Å²) < 4.78 is 33.6. The van der Waals surface area contributed by atoms with Crippen LogP contribution in [0.1, 0.15) is 28.8 Å². The second kappa shape index (κ2) is 7.85. The highest BCUT2D eigenvalue weighted by Crippen LogP contribution is 2.28. The molecule has 1 aliphatic carbocycles. The molecular weight excluding hydrogens is 412 g/mol. The van der Waals surface area contributed by atoms with Crippen LogP contribution in [0, 0.1) is 0 Å². The zero-order chi connectivity index (χ0) is 20.4. The summed E-state index contributed by atoms with van der Waals surface area (Å²) in [4.78, 5) is 16.9. The molecular formula is C21H17ClN2O4S. The number of rotatable bonds is 7. The average Bonchev–Trinajstić information content (AvgIpc) is 3.54. The van der Waals surface area contributed by atoms with Crippen molar-refractivity contribution in [3.05, 3.63) is 83.0 Å². The van der Waals surface area contributed by atoms with Crippen molar-refractivity contribution in [1.29, 1.82) is 0 Å². The van der Waals surface area contributed by atoms with Crippen molar-refractivity contribution in [2.45, 2.75) is 23.8 Å². The highest BCUT2D eigenvalue weighted by atomic mass is 35.5. The second-order valence-corrected chi connectivity index (χ2v) is 8.76. The van der Waals surface area contributed by atoms with E-state index >= 15 is 0 Å². The molecule has 29 heavy (non-hydrogen) atoms. The number of ether oxygens (including phenoxy) is 1. The molecule has 1 fully saturated rings. The zero-order valence-corrected chi connectivity index (χ0v) is 16.8. The Morgan fingerprint density at radius 1 is 1.07 bits per heavy atom. The first kappa shape index (κ1) is 19.4. The second-order valence-electron chi connectivity index (χ2n) is 6.64. The third-order valence-electron chi connectivity index (χ3n) is 4.33. The first-order valence-corrected chi connectivity index (χ1v) is 10.8. The molecule has 6 nitrogen and oxygen atoms in total. The van der Waals surface area contributed by atoms with Gasteiger partial charge >= 0.3 is 0 Å². The highest BCUT2D eigenvalue weighted by molar-refractivity contribution is 7.92. The van der Waals surface area contributed by atoms with Gasteiger partial charge in [-0.05, 0) is 43.2 Å². The fraction of sp³-hybridized carbons (Fsp3) is 0.143. The number of anilines is 1. The van der Waals surface area contributed by atoms with Crippen LogP contribution in [0.2, 0.25) is 5.02 Å². The molecule has 0 bridgehead atoms. The van der Waals surface area contributed by atoms with E-state index in [9.17, 15) is 13.2 Å². The Balaban J connectivity index is 1.62. The van der Waals surface area contributed by atoms with Gasteiger partial charge < -0.3 is 4.74 Å². The van der Waals surface area contributed by atoms with Crippen molar-refractivity contribution in [2.75, 3.05) is 4.72 Å². The van der Waals surface area contributed by atoms with Crippen molar-refractivity contribution >= 4 is 33.2 Å². The minimum Gasteiger partial charge on any atom is -0.490 e. The Morgan fingerprint density at radius 3 is 2.41 bits per heavy atom. The number of aromatic nitrogens is 1. The van der Waals surface area contributed by atoms with Crippen LogP contribution >= 0.6 is 11.6 Å². The molecule has 1 aromatic heterocycles. The van der Waals surface area contributed by atoms with Crippen LogP contribution in [-0.4, -0.2) is 25.3 Å². The molecule has 0 radical (unpaired) electrons. The van der Waals surface area contributed by atoms with Gasteiger partial charge in [-0.3, -0.25) is 9.52 Å². The maximum atomic E-state index is 12.8. The zero-order valence-electron chi connectivity index (χ0n) is 15.2. The molecule has 2 aromatic carbocycles. The van der Waals surface area contributed by atoms with Crippen molar-refractivity contribution < 1.29 is 17.9 Å². The number of hydrogen-bond donors (Lipinski definition) is 1. The van der Waals surface area contributed by atoms with Gasteiger partial charge in [-0.25, -0.2) is 13.4 Å². The first-order valence-electron chi connectivity index (χ1n) is 8.97. The molecule has 0 amide bonds. The Bertz CT molecular complexity index is 1150. The normalized spacial score (nSPS) is 13.7. The predicted octanol–water partition coefficient (Wildman–Crippen LogP) is 4.31. The standard InChI is InChI=1S/C21H17ClN2O4S/c22-15-12-19(20(25)14-4-2-1-3-5-14)21(23-13-15)24-29(26,27)18-10-8-17(9-11-18)28-16-6-7-16/h1-5,8-13,16H,6-7H2,(H,23,24). The van der Waals surface area contributed by atoms with Gasteiger partial charge in [0.05, 0.1) is 21.6 Å². The molecule has 0 saturated heterocycles. The summed E-state index contributed by atoms with van der Waals surface area (Å²) in [6, 6.07) is 16.0. The van der Waals surface area contributed by atoms with E-state index in [1.807, 2.05) is 0 Å². The van der Waals surface area contributed by atoms with E-state index in [1.165, 1.54) is 24.4 Å². The number of benzene rings is 2. The molecule has 1 saturated carbocycles. The van der Waals surface area contributed by atoms with E-state index in [1.54, 1.807) is 42.5 Å². The van der Waals surface area contributed by atoms with Gasteiger partial charge in [0, 0.05) is 11.8 Å². The number of carbonyl (C=O) groups excluding carboxylic acids is 1. The molecule has 8 heteroatoms. The number of nitrogens with zero attached hydrogens (tertiary/aromatic N) is 1. The fourth-order valence-corrected chi connectivity index (χ4v) is 3.89. The molecule has 0 aliphatic heterocycles. The lowest BCUT2D eigenvalue weighted by molar-refractivity contribution is 0.103. The van der Waals surface area contributed by atoms with Crippen molar-refractivity contribution in [1.82, 2.24) is 4.98 Å². The van der Waals surface area contributed by atoms with E-state index in [0.717, 1.165) is 12.8 Å². The van der Waals surface area contributed by atoms with Gasteiger partial charge in [0.1, 0.15) is 5.75 Å². The highest BCUT2D eigenvalue weighted by Gasteiger charge is 2.24. The monoisotopic (exact) mass is 428 g/mol. The lowest BCUT2D eigenvalue weighted by Gasteiger charge is -2.12. The Morgan fingerprint density at radius 2 is 1.76 bits per heavy atom. The Hall–Kier alpha value is -2.90. The van der Waals surface area contributed by atoms with Gasteiger partial charge in [0.2, 0.25) is 0 Å². The first-order chi connectivity index (χ1) is 13.9. The minimum absolute atomic E-state index is 0.0375. The lowest BCUT2D eigenvalue weighted by Crippen LogP contribution is -2.17. The largest absolute Gasteiger partial charge is 0.490 e. The van der Waals surface area contributed by atoms with Crippen molar-refractivity contribution in [2.24, 2.45) is 0 Å². The van der Waals surface area contributed by atoms with Crippen LogP contribution < -0.4 is 9.46 Å². The summed E-state index contributed by atoms with van der Waals surface area (Å²) in [5.41, 5.74) is 0.472. The van der Waals surface area contributed by atoms with Crippen LogP contribution in [0.5, 0.6) is 5.75 Å². The predicted molar refractivity (Wildman–Crippen MR) is 110 cm³/mol. The third-order valence-corrected chi connectivity index (χ3v) is 5.89. The summed E-state index contributed by atoms with van der Waals surface area (Å²) in [6.07, 6.45) is 3.54. The molecule has 148 valence electrons. The smallest absolute Gasteiger partial charge is 0.263 e. The van der Waals surface area contributed by atoms with E-state index in [2.05, 4.69) is 9.71 Å². The quantitative estimate of drug-likeness (QED) is 0.567.